The van der Waals surface area contributed by atoms with E-state index in [-0.39, 0.29) is 35.0 Å². The van der Waals surface area contributed by atoms with E-state index < -0.39 is 5.97 Å². The molecular formula is C28H40N2O4. The molecule has 0 radical (unpaired) electrons. The summed E-state index contributed by atoms with van der Waals surface area (Å²) in [6.45, 7) is 14.9. The Morgan fingerprint density at radius 1 is 1.18 bits per heavy atom. The zero-order valence-electron chi connectivity index (χ0n) is 22.2. The van der Waals surface area contributed by atoms with Crippen LogP contribution < -0.4 is 5.43 Å². The van der Waals surface area contributed by atoms with Crippen LogP contribution in [0.1, 0.15) is 83.4 Å². The van der Waals surface area contributed by atoms with Crippen LogP contribution in [0.2, 0.25) is 0 Å². The van der Waals surface area contributed by atoms with Crippen LogP contribution >= 0.6 is 0 Å². The van der Waals surface area contributed by atoms with E-state index in [0.29, 0.717) is 5.76 Å². The zero-order chi connectivity index (χ0) is 25.6. The number of aliphatic imine (C=N–C) groups is 1. The first-order chi connectivity index (χ1) is 16.0. The van der Waals surface area contributed by atoms with Crippen LogP contribution in [0.15, 0.2) is 51.6 Å². The number of rotatable bonds is 8. The second kappa shape index (κ2) is 11.5. The fraction of sp³-hybridized carbons (Fsp3) is 0.536. The number of pyridine rings is 1. The average molecular weight is 469 g/mol. The van der Waals surface area contributed by atoms with E-state index >= 15 is 0 Å². The van der Waals surface area contributed by atoms with E-state index in [1.165, 1.54) is 0 Å². The molecule has 0 saturated heterocycles. The lowest BCUT2D eigenvalue weighted by molar-refractivity contribution is 0.0523. The van der Waals surface area contributed by atoms with E-state index in [9.17, 15) is 9.59 Å². The fourth-order valence-electron chi connectivity index (χ4n) is 4.61. The van der Waals surface area contributed by atoms with Crippen molar-refractivity contribution in [3.8, 4) is 0 Å². The summed E-state index contributed by atoms with van der Waals surface area (Å²) in [6, 6.07) is 1.64. The van der Waals surface area contributed by atoms with Gasteiger partial charge in [-0.3, -0.25) is 9.79 Å². The maximum absolute atomic E-state index is 13.2. The highest BCUT2D eigenvalue weighted by molar-refractivity contribution is 6.18. The summed E-state index contributed by atoms with van der Waals surface area (Å²) < 4.78 is 12.9. The van der Waals surface area contributed by atoms with Gasteiger partial charge in [0.15, 0.2) is 5.43 Å². The van der Waals surface area contributed by atoms with Gasteiger partial charge in [-0.05, 0) is 42.7 Å². The summed E-state index contributed by atoms with van der Waals surface area (Å²) >= 11 is 0. The highest BCUT2D eigenvalue weighted by atomic mass is 16.5. The molecule has 2 unspecified atom stereocenters. The van der Waals surface area contributed by atoms with Crippen LogP contribution in [-0.4, -0.2) is 37.0 Å². The van der Waals surface area contributed by atoms with Gasteiger partial charge in [0.25, 0.3) is 0 Å². The normalized spacial score (nSPS) is 18.4. The molecular weight excluding hydrogens is 428 g/mol. The molecule has 1 aromatic heterocycles. The topological polar surface area (TPSA) is 69.9 Å². The van der Waals surface area contributed by atoms with Gasteiger partial charge >= 0.3 is 5.97 Å². The number of hydrogen-bond donors (Lipinski definition) is 0. The third kappa shape index (κ3) is 5.60. The minimum absolute atomic E-state index is 0.0444. The van der Waals surface area contributed by atoms with Crippen LogP contribution in [0, 0.1) is 11.3 Å². The van der Waals surface area contributed by atoms with Crippen molar-refractivity contribution >= 4 is 17.3 Å². The number of hydrogen-bond acceptors (Lipinski definition) is 5. The molecule has 0 aliphatic heterocycles. The van der Waals surface area contributed by atoms with Gasteiger partial charge in [0, 0.05) is 36.6 Å². The molecule has 6 heteroatoms. The second-order valence-electron chi connectivity index (χ2n) is 9.66. The average Bonchev–Trinajstić information content (AvgIpc) is 2.79. The highest BCUT2D eigenvalue weighted by Gasteiger charge is 2.31. The second-order valence-corrected chi connectivity index (χ2v) is 9.66. The van der Waals surface area contributed by atoms with E-state index in [1.807, 2.05) is 18.2 Å². The van der Waals surface area contributed by atoms with E-state index in [1.54, 1.807) is 33.3 Å². The molecule has 1 aromatic rings. The summed E-state index contributed by atoms with van der Waals surface area (Å²) in [7, 11) is 3.38. The van der Waals surface area contributed by atoms with Crippen LogP contribution in [0.4, 0.5) is 0 Å². The Bertz CT molecular complexity index is 1080. The molecule has 2 atom stereocenters. The number of methoxy groups -OCH3 is 1. The summed E-state index contributed by atoms with van der Waals surface area (Å²) in [5.74, 6) is 0.220. The van der Waals surface area contributed by atoms with Crippen LogP contribution in [0.3, 0.4) is 0 Å². The van der Waals surface area contributed by atoms with E-state index in [0.717, 1.165) is 35.4 Å². The van der Waals surface area contributed by atoms with Gasteiger partial charge in [-0.2, -0.15) is 0 Å². The third-order valence-electron chi connectivity index (χ3n) is 6.41. The van der Waals surface area contributed by atoms with Crippen molar-refractivity contribution in [3.05, 3.63) is 63.3 Å². The fourth-order valence-corrected chi connectivity index (χ4v) is 4.61. The van der Waals surface area contributed by atoms with Crippen LogP contribution in [-0.2, 0) is 9.47 Å². The molecule has 2 rings (SSSR count). The standard InChI is InChI=1S/C28H40N2O4/c1-10-18(4)25(19-14-13-15-23(33-9)26(19)29-8)21-16-22(31)20(27(32)34-12-3)17-30(21)24(11-2)28(5,6)7/h13-18,24H,10-12H2,1-9H3/b25-19+,29-26+. The number of nitrogens with zero attached hydrogens (tertiary/aromatic N) is 2. The van der Waals surface area contributed by atoms with Crippen molar-refractivity contribution in [3.63, 3.8) is 0 Å². The van der Waals surface area contributed by atoms with Gasteiger partial charge in [0.1, 0.15) is 17.0 Å². The van der Waals surface area contributed by atoms with Crippen molar-refractivity contribution in [1.82, 2.24) is 4.57 Å². The van der Waals surface area contributed by atoms with Crippen molar-refractivity contribution in [2.24, 2.45) is 16.3 Å². The quantitative estimate of drug-likeness (QED) is 0.439. The Kier molecular flexibility index (Phi) is 9.25. The first-order valence-electron chi connectivity index (χ1n) is 12.1. The predicted molar refractivity (Wildman–Crippen MR) is 139 cm³/mol. The van der Waals surface area contributed by atoms with Gasteiger partial charge in [0.05, 0.1) is 13.7 Å². The number of ether oxygens (including phenoxy) is 2. The molecule has 0 amide bonds. The Balaban J connectivity index is 3.01. The minimum atomic E-state index is -0.590. The van der Waals surface area contributed by atoms with Crippen molar-refractivity contribution in [1.29, 1.82) is 0 Å². The van der Waals surface area contributed by atoms with Crippen LogP contribution in [0.5, 0.6) is 0 Å². The van der Waals surface area contributed by atoms with Crippen molar-refractivity contribution in [2.75, 3.05) is 20.8 Å². The lowest BCUT2D eigenvalue weighted by Crippen LogP contribution is -2.30. The van der Waals surface area contributed by atoms with Gasteiger partial charge < -0.3 is 14.0 Å². The van der Waals surface area contributed by atoms with E-state index in [2.05, 4.69) is 51.1 Å². The Morgan fingerprint density at radius 2 is 1.85 bits per heavy atom. The number of carbonyl (C=O) groups excluding carboxylic acids is 1. The Morgan fingerprint density at radius 3 is 2.35 bits per heavy atom. The molecule has 1 heterocycles. The largest absolute Gasteiger partial charge is 0.494 e. The summed E-state index contributed by atoms with van der Waals surface area (Å²) in [5.41, 5.74) is 3.09. The molecule has 0 N–H and O–H groups in total. The number of carbonyl (C=O) groups is 1. The molecule has 1 aliphatic carbocycles. The smallest absolute Gasteiger partial charge is 0.343 e. The maximum Gasteiger partial charge on any atom is 0.343 e. The molecule has 0 fully saturated rings. The van der Waals surface area contributed by atoms with Gasteiger partial charge in [0.2, 0.25) is 0 Å². The molecule has 34 heavy (non-hydrogen) atoms. The molecule has 0 saturated carbocycles. The maximum atomic E-state index is 13.2. The third-order valence-corrected chi connectivity index (χ3v) is 6.41. The molecule has 0 spiro atoms. The Hall–Kier alpha value is -2.89. The first-order valence-corrected chi connectivity index (χ1v) is 12.1. The van der Waals surface area contributed by atoms with Crippen LogP contribution in [0.25, 0.3) is 5.57 Å². The zero-order valence-corrected chi connectivity index (χ0v) is 22.2. The molecule has 186 valence electrons. The number of esters is 1. The summed E-state index contributed by atoms with van der Waals surface area (Å²) in [5, 5.41) is 0. The molecule has 0 aromatic carbocycles. The lowest BCUT2D eigenvalue weighted by atomic mass is 9.82. The number of aromatic nitrogens is 1. The summed E-state index contributed by atoms with van der Waals surface area (Å²) in [4.78, 5) is 30.4. The predicted octanol–water partition coefficient (Wildman–Crippen LogP) is 5.99. The van der Waals surface area contributed by atoms with Crippen molar-refractivity contribution in [2.45, 2.75) is 67.3 Å². The Labute approximate surface area is 204 Å². The molecule has 6 nitrogen and oxygen atoms in total. The molecule has 1 aliphatic rings. The van der Waals surface area contributed by atoms with Gasteiger partial charge in [-0.1, -0.05) is 53.7 Å². The highest BCUT2D eigenvalue weighted by Crippen LogP contribution is 2.39. The van der Waals surface area contributed by atoms with Gasteiger partial charge in [-0.25, -0.2) is 4.79 Å². The minimum Gasteiger partial charge on any atom is -0.494 e. The molecule has 0 bridgehead atoms. The first kappa shape index (κ1) is 27.4. The monoisotopic (exact) mass is 468 g/mol. The SMILES string of the molecule is CCOC(=O)c1cn(C(CC)C(C)(C)C)c(/C(=C2\C=CC=C(OC)\C2=N\C)C(C)CC)cc1=O. The van der Waals surface area contributed by atoms with Crippen molar-refractivity contribution < 1.29 is 14.3 Å². The van der Waals surface area contributed by atoms with E-state index in [4.69, 9.17) is 9.47 Å². The van der Waals surface area contributed by atoms with Gasteiger partial charge in [-0.15, -0.1) is 0 Å². The lowest BCUT2D eigenvalue weighted by Gasteiger charge is -2.36. The summed E-state index contributed by atoms with van der Waals surface area (Å²) in [6.07, 6.45) is 9.26. The number of allylic oxidation sites excluding steroid dienone is 5.